The van der Waals surface area contributed by atoms with Gasteiger partial charge in [-0.2, -0.15) is 0 Å². The summed E-state index contributed by atoms with van der Waals surface area (Å²) in [4.78, 5) is 15.7. The van der Waals surface area contributed by atoms with Crippen LogP contribution in [0.15, 0.2) is 53.8 Å². The molecule has 8 heteroatoms. The van der Waals surface area contributed by atoms with Gasteiger partial charge in [0.15, 0.2) is 0 Å². The standard InChI is InChI=1S/C37H54F2N2O4/c1-26(12-13-28-10-8-19-40-27(28)2)9-6-7-11-34(39)29-16-20-41(24-29)35(36(42)45-37(3,4)5)33-23-31(38)15-14-30(33)25-44-32-17-21-43-22-18-32/h12-15,23,29,32,34-35,40H,1,6-11,16-22,24-25H2,2-5H3/b13-12-/t29-,34?,35?/m1/s1. The summed E-state index contributed by atoms with van der Waals surface area (Å²) in [6, 6.07) is 3.68. The number of esters is 1. The van der Waals surface area contributed by atoms with Crippen LogP contribution in [0, 0.1) is 11.7 Å². The molecule has 0 bridgehead atoms. The summed E-state index contributed by atoms with van der Waals surface area (Å²) in [5, 5.41) is 3.41. The molecule has 4 rings (SSSR count). The number of rotatable bonds is 14. The number of unbranched alkanes of at least 4 members (excludes halogenated alkanes) is 1. The van der Waals surface area contributed by atoms with Gasteiger partial charge in [-0.3, -0.25) is 4.90 Å². The van der Waals surface area contributed by atoms with Gasteiger partial charge in [0.2, 0.25) is 0 Å². The fourth-order valence-corrected chi connectivity index (χ4v) is 6.47. The molecular formula is C37H54F2N2O4. The second-order valence-corrected chi connectivity index (χ2v) is 13.9. The predicted octanol–water partition coefficient (Wildman–Crippen LogP) is 7.89. The Hall–Kier alpha value is -2.55. The van der Waals surface area contributed by atoms with Gasteiger partial charge >= 0.3 is 5.97 Å². The number of halogens is 2. The minimum Gasteiger partial charge on any atom is -0.459 e. The van der Waals surface area contributed by atoms with E-state index >= 15 is 4.39 Å². The van der Waals surface area contributed by atoms with Gasteiger partial charge in [0.25, 0.3) is 0 Å². The first kappa shape index (κ1) is 35.3. The molecule has 3 atom stereocenters. The second kappa shape index (κ2) is 16.8. The maximum Gasteiger partial charge on any atom is 0.328 e. The van der Waals surface area contributed by atoms with Gasteiger partial charge in [-0.1, -0.05) is 36.8 Å². The molecule has 1 N–H and O–H groups in total. The van der Waals surface area contributed by atoms with Crippen LogP contribution in [-0.4, -0.2) is 61.6 Å². The summed E-state index contributed by atoms with van der Waals surface area (Å²) in [5.74, 6) is -1.06. The van der Waals surface area contributed by atoms with Crippen LogP contribution >= 0.6 is 0 Å². The number of carbonyl (C=O) groups is 1. The van der Waals surface area contributed by atoms with Crippen molar-refractivity contribution in [3.63, 3.8) is 0 Å². The molecule has 3 aliphatic heterocycles. The normalized spacial score (nSPS) is 21.6. The first-order valence-electron chi connectivity index (χ1n) is 16.9. The fourth-order valence-electron chi connectivity index (χ4n) is 6.47. The molecule has 2 saturated heterocycles. The van der Waals surface area contributed by atoms with Crippen LogP contribution in [-0.2, 0) is 25.6 Å². The Morgan fingerprint density at radius 1 is 1.22 bits per heavy atom. The van der Waals surface area contributed by atoms with Crippen molar-refractivity contribution in [1.82, 2.24) is 10.2 Å². The molecule has 2 fully saturated rings. The van der Waals surface area contributed by atoms with Crippen LogP contribution in [0.4, 0.5) is 8.78 Å². The maximum atomic E-state index is 15.6. The monoisotopic (exact) mass is 628 g/mol. The van der Waals surface area contributed by atoms with Gasteiger partial charge in [0, 0.05) is 37.9 Å². The fraction of sp³-hybridized carbons (Fsp3) is 0.649. The Morgan fingerprint density at radius 3 is 2.73 bits per heavy atom. The molecule has 6 nitrogen and oxygen atoms in total. The number of hydrogen-bond acceptors (Lipinski definition) is 6. The molecular weight excluding hydrogens is 574 g/mol. The molecule has 0 amide bonds. The van der Waals surface area contributed by atoms with Crippen LogP contribution in [0.3, 0.4) is 0 Å². The zero-order chi connectivity index (χ0) is 32.4. The van der Waals surface area contributed by atoms with E-state index in [1.165, 1.54) is 23.4 Å². The summed E-state index contributed by atoms with van der Waals surface area (Å²) < 4.78 is 47.7. The number of nitrogens with one attached hydrogen (secondary N) is 1. The van der Waals surface area contributed by atoms with Crippen molar-refractivity contribution < 1.29 is 27.8 Å². The SMILES string of the molecule is C=C(/C=C\C1=C(C)NCCC1)CCCCC(F)[C@@H]1CCN(C(C(=O)OC(C)(C)C)c2cc(F)ccc2COC2CCOCC2)C1. The maximum absolute atomic E-state index is 15.6. The number of hydrogen-bond donors (Lipinski definition) is 1. The molecule has 3 heterocycles. The molecule has 2 unspecified atom stereocenters. The van der Waals surface area contributed by atoms with Gasteiger partial charge in [-0.05, 0) is 114 Å². The number of nitrogens with zero attached hydrogens (tertiary/aromatic N) is 1. The Bertz CT molecular complexity index is 1200. The molecule has 0 saturated carbocycles. The van der Waals surface area contributed by atoms with Gasteiger partial charge < -0.3 is 19.5 Å². The topological polar surface area (TPSA) is 60.0 Å². The van der Waals surface area contributed by atoms with E-state index in [0.717, 1.165) is 62.6 Å². The van der Waals surface area contributed by atoms with E-state index < -0.39 is 29.6 Å². The van der Waals surface area contributed by atoms with Crippen molar-refractivity contribution in [1.29, 1.82) is 0 Å². The van der Waals surface area contributed by atoms with Gasteiger partial charge in [-0.15, -0.1) is 0 Å². The summed E-state index contributed by atoms with van der Waals surface area (Å²) in [5.41, 5.74) is 4.20. The number of ether oxygens (including phenoxy) is 3. The van der Waals surface area contributed by atoms with Crippen molar-refractivity contribution in [2.45, 2.75) is 116 Å². The number of allylic oxidation sites excluding steroid dienone is 5. The van der Waals surface area contributed by atoms with E-state index in [-0.39, 0.29) is 18.6 Å². The number of alkyl halides is 1. The van der Waals surface area contributed by atoms with Gasteiger partial charge in [0.1, 0.15) is 23.6 Å². The molecule has 250 valence electrons. The van der Waals surface area contributed by atoms with E-state index in [9.17, 15) is 9.18 Å². The zero-order valence-electron chi connectivity index (χ0n) is 27.8. The van der Waals surface area contributed by atoms with E-state index in [2.05, 4.69) is 31.0 Å². The lowest BCUT2D eigenvalue weighted by Crippen LogP contribution is -2.38. The van der Waals surface area contributed by atoms with Crippen molar-refractivity contribution in [3.05, 3.63) is 70.7 Å². The number of benzene rings is 1. The van der Waals surface area contributed by atoms with E-state index in [4.69, 9.17) is 14.2 Å². The second-order valence-electron chi connectivity index (χ2n) is 13.9. The molecule has 1 aromatic rings. The average molecular weight is 629 g/mol. The predicted molar refractivity (Wildman–Crippen MR) is 175 cm³/mol. The molecule has 0 aliphatic carbocycles. The average Bonchev–Trinajstić information content (AvgIpc) is 3.48. The largest absolute Gasteiger partial charge is 0.459 e. The Balaban J connectivity index is 1.35. The van der Waals surface area contributed by atoms with E-state index in [1.54, 1.807) is 6.07 Å². The van der Waals surface area contributed by atoms with Crippen molar-refractivity contribution in [2.75, 3.05) is 32.8 Å². The van der Waals surface area contributed by atoms with Gasteiger partial charge in [-0.25, -0.2) is 13.6 Å². The summed E-state index contributed by atoms with van der Waals surface area (Å²) in [6.07, 6.45) is 10.8. The Labute approximate surface area is 269 Å². The smallest absolute Gasteiger partial charge is 0.328 e. The molecule has 0 radical (unpaired) electrons. The van der Waals surface area contributed by atoms with Crippen LogP contribution in [0.1, 0.15) is 103 Å². The summed E-state index contributed by atoms with van der Waals surface area (Å²) in [6.45, 7) is 15.3. The lowest BCUT2D eigenvalue weighted by atomic mass is 9.96. The van der Waals surface area contributed by atoms with Crippen LogP contribution in [0.2, 0.25) is 0 Å². The minimum absolute atomic E-state index is 0.0593. The third-order valence-corrected chi connectivity index (χ3v) is 9.05. The highest BCUT2D eigenvalue weighted by molar-refractivity contribution is 5.78. The van der Waals surface area contributed by atoms with Gasteiger partial charge in [0.05, 0.1) is 12.7 Å². The summed E-state index contributed by atoms with van der Waals surface area (Å²) in [7, 11) is 0. The number of likely N-dealkylation sites (tertiary alicyclic amines) is 1. The molecule has 45 heavy (non-hydrogen) atoms. The van der Waals surface area contributed by atoms with E-state index in [1.807, 2.05) is 25.7 Å². The minimum atomic E-state index is -0.969. The molecule has 0 spiro atoms. The molecule has 0 aromatic heterocycles. The van der Waals surface area contributed by atoms with Crippen LogP contribution in [0.5, 0.6) is 0 Å². The third kappa shape index (κ3) is 11.0. The third-order valence-electron chi connectivity index (χ3n) is 9.05. The van der Waals surface area contributed by atoms with Crippen LogP contribution in [0.25, 0.3) is 0 Å². The van der Waals surface area contributed by atoms with Crippen LogP contribution < -0.4 is 5.32 Å². The summed E-state index contributed by atoms with van der Waals surface area (Å²) >= 11 is 0. The zero-order valence-corrected chi connectivity index (χ0v) is 27.8. The highest BCUT2D eigenvalue weighted by atomic mass is 19.1. The lowest BCUT2D eigenvalue weighted by molar-refractivity contribution is -0.161. The lowest BCUT2D eigenvalue weighted by Gasteiger charge is -2.32. The van der Waals surface area contributed by atoms with Crippen molar-refractivity contribution in [3.8, 4) is 0 Å². The highest BCUT2D eigenvalue weighted by Crippen LogP contribution is 2.35. The molecule has 3 aliphatic rings. The van der Waals surface area contributed by atoms with E-state index in [0.29, 0.717) is 44.7 Å². The van der Waals surface area contributed by atoms with Crippen molar-refractivity contribution in [2.24, 2.45) is 5.92 Å². The van der Waals surface area contributed by atoms with Crippen molar-refractivity contribution >= 4 is 5.97 Å². The Morgan fingerprint density at radius 2 is 2.00 bits per heavy atom. The quantitative estimate of drug-likeness (QED) is 0.128. The Kier molecular flexibility index (Phi) is 13.2. The first-order valence-corrected chi connectivity index (χ1v) is 16.9. The number of carbonyl (C=O) groups excluding carboxylic acids is 1. The molecule has 1 aromatic carbocycles. The first-order chi connectivity index (χ1) is 21.5. The highest BCUT2D eigenvalue weighted by Gasteiger charge is 2.39.